The van der Waals surface area contributed by atoms with E-state index in [1.165, 1.54) is 36.9 Å². The van der Waals surface area contributed by atoms with Crippen molar-refractivity contribution >= 4 is 34.9 Å². The topological polar surface area (TPSA) is 93.1 Å². The number of hydrogen-bond acceptors (Lipinski definition) is 4. The monoisotopic (exact) mass is 430 g/mol. The zero-order valence-electron chi connectivity index (χ0n) is 15.9. The number of aromatic nitrogens is 2. The first-order valence-electron chi connectivity index (χ1n) is 8.35. The third-order valence-corrected chi connectivity index (χ3v) is 4.61. The van der Waals surface area contributed by atoms with Crippen LogP contribution in [-0.4, -0.2) is 39.4 Å². The molecule has 0 aliphatic rings. The molecule has 0 bridgehead atoms. The lowest BCUT2D eigenvalue weighted by atomic mass is 10.1. The molecule has 7 nitrogen and oxygen atoms in total. The zero-order chi connectivity index (χ0) is 22.1. The minimum atomic E-state index is -4.69. The Morgan fingerprint density at radius 1 is 1.24 bits per heavy atom. The van der Waals surface area contributed by atoms with E-state index in [0.29, 0.717) is 11.4 Å². The van der Waals surface area contributed by atoms with Crippen LogP contribution in [0, 0.1) is 13.8 Å². The van der Waals surface area contributed by atoms with Crippen LogP contribution in [0.1, 0.15) is 39.0 Å². The summed E-state index contributed by atoms with van der Waals surface area (Å²) in [6.07, 6.45) is -3.30. The first-order chi connectivity index (χ1) is 13.3. The molecule has 156 valence electrons. The third kappa shape index (κ3) is 4.76. The first-order valence-corrected chi connectivity index (χ1v) is 8.73. The Labute approximate surface area is 169 Å². The molecule has 2 amide bonds. The zero-order valence-corrected chi connectivity index (χ0v) is 16.7. The molecule has 11 heteroatoms. The van der Waals surface area contributed by atoms with Crippen molar-refractivity contribution in [2.24, 2.45) is 7.05 Å². The molecule has 1 atom stereocenters. The van der Waals surface area contributed by atoms with Crippen LogP contribution in [-0.2, 0) is 11.8 Å². The summed E-state index contributed by atoms with van der Waals surface area (Å²) in [6, 6.07) is 0.736. The SMILES string of the molecule is Cc1c(C(=O)Nc2ccnc(Cl)c2)c(C)n(C)c1C(=O)C(=O)NC(C)C(F)(F)F. The van der Waals surface area contributed by atoms with Gasteiger partial charge in [-0.2, -0.15) is 13.2 Å². The largest absolute Gasteiger partial charge is 0.408 e. The third-order valence-electron chi connectivity index (χ3n) is 4.40. The van der Waals surface area contributed by atoms with Crippen LogP contribution in [0.5, 0.6) is 0 Å². The first kappa shape index (κ1) is 22.4. The van der Waals surface area contributed by atoms with Crippen molar-refractivity contribution in [1.29, 1.82) is 0 Å². The van der Waals surface area contributed by atoms with E-state index in [1.54, 1.807) is 12.2 Å². The Balaban J connectivity index is 2.33. The summed E-state index contributed by atoms with van der Waals surface area (Å²) in [6.45, 7) is 3.72. The highest BCUT2D eigenvalue weighted by Gasteiger charge is 2.39. The molecule has 2 aromatic heterocycles. The molecular weight excluding hydrogens is 413 g/mol. The molecule has 2 rings (SSSR count). The standard InChI is InChI=1S/C18H18ClF3N4O3/c1-8-13(16(28)25-11-5-6-23-12(19)7-11)9(2)26(4)14(8)15(27)17(29)24-10(3)18(20,21)22/h5-7,10H,1-4H3,(H,24,29)(H,23,25,28). The average Bonchev–Trinajstić information content (AvgIpc) is 2.82. The molecular formula is C18H18ClF3N4O3. The lowest BCUT2D eigenvalue weighted by Gasteiger charge is -2.16. The van der Waals surface area contributed by atoms with Gasteiger partial charge in [-0.15, -0.1) is 0 Å². The molecule has 2 aromatic rings. The summed E-state index contributed by atoms with van der Waals surface area (Å²) in [7, 11) is 1.44. The van der Waals surface area contributed by atoms with Crippen molar-refractivity contribution in [2.75, 3.05) is 5.32 Å². The van der Waals surface area contributed by atoms with Gasteiger partial charge >= 0.3 is 6.18 Å². The van der Waals surface area contributed by atoms with E-state index >= 15 is 0 Å². The molecule has 0 aliphatic carbocycles. The minimum Gasteiger partial charge on any atom is -0.344 e. The van der Waals surface area contributed by atoms with E-state index < -0.39 is 29.8 Å². The molecule has 2 heterocycles. The molecule has 0 spiro atoms. The van der Waals surface area contributed by atoms with Crippen molar-refractivity contribution in [3.8, 4) is 0 Å². The van der Waals surface area contributed by atoms with Crippen molar-refractivity contribution < 1.29 is 27.6 Å². The fraction of sp³-hybridized carbons (Fsp3) is 0.333. The van der Waals surface area contributed by atoms with Gasteiger partial charge in [-0.25, -0.2) is 4.98 Å². The number of nitrogens with zero attached hydrogens (tertiary/aromatic N) is 2. The smallest absolute Gasteiger partial charge is 0.344 e. The molecule has 0 radical (unpaired) electrons. The maximum Gasteiger partial charge on any atom is 0.408 e. The van der Waals surface area contributed by atoms with E-state index in [2.05, 4.69) is 10.3 Å². The highest BCUT2D eigenvalue weighted by Crippen LogP contribution is 2.24. The van der Waals surface area contributed by atoms with Crippen LogP contribution in [0.15, 0.2) is 18.3 Å². The average molecular weight is 431 g/mol. The minimum absolute atomic E-state index is 0.125. The highest BCUT2D eigenvalue weighted by molar-refractivity contribution is 6.43. The van der Waals surface area contributed by atoms with Crippen LogP contribution in [0.25, 0.3) is 0 Å². The van der Waals surface area contributed by atoms with E-state index in [0.717, 1.165) is 6.92 Å². The van der Waals surface area contributed by atoms with Crippen molar-refractivity contribution in [2.45, 2.75) is 33.0 Å². The van der Waals surface area contributed by atoms with Gasteiger partial charge in [-0.3, -0.25) is 14.4 Å². The van der Waals surface area contributed by atoms with Crippen LogP contribution in [0.4, 0.5) is 18.9 Å². The molecule has 0 fully saturated rings. The van der Waals surface area contributed by atoms with E-state index in [1.807, 2.05) is 0 Å². The van der Waals surface area contributed by atoms with Crippen LogP contribution in [0.3, 0.4) is 0 Å². The number of anilines is 1. The summed E-state index contributed by atoms with van der Waals surface area (Å²) in [5, 5.41) is 4.39. The van der Waals surface area contributed by atoms with Crippen molar-refractivity contribution in [3.05, 3.63) is 46.0 Å². The number of alkyl halides is 3. The highest BCUT2D eigenvalue weighted by atomic mass is 35.5. The predicted octanol–water partition coefficient (Wildman–Crippen LogP) is 3.19. The predicted molar refractivity (Wildman–Crippen MR) is 100 cm³/mol. The number of carbonyl (C=O) groups excluding carboxylic acids is 3. The second kappa shape index (κ2) is 8.24. The molecule has 29 heavy (non-hydrogen) atoms. The van der Waals surface area contributed by atoms with Gasteiger partial charge in [0.2, 0.25) is 0 Å². The van der Waals surface area contributed by atoms with Crippen LogP contribution >= 0.6 is 11.6 Å². The van der Waals surface area contributed by atoms with Crippen molar-refractivity contribution in [1.82, 2.24) is 14.9 Å². The van der Waals surface area contributed by atoms with Gasteiger partial charge in [0.25, 0.3) is 17.6 Å². The normalized spacial score (nSPS) is 12.4. The Hall–Kier alpha value is -2.88. The fourth-order valence-electron chi connectivity index (χ4n) is 2.76. The van der Waals surface area contributed by atoms with Crippen LogP contribution < -0.4 is 10.6 Å². The number of rotatable bonds is 5. The number of amides is 2. The van der Waals surface area contributed by atoms with Crippen LogP contribution in [0.2, 0.25) is 5.15 Å². The molecule has 2 N–H and O–H groups in total. The quantitative estimate of drug-likeness (QED) is 0.433. The Morgan fingerprint density at radius 3 is 2.41 bits per heavy atom. The van der Waals surface area contributed by atoms with Gasteiger partial charge < -0.3 is 15.2 Å². The molecule has 0 saturated carbocycles. The van der Waals surface area contributed by atoms with E-state index in [9.17, 15) is 27.6 Å². The molecule has 0 saturated heterocycles. The number of pyridine rings is 1. The number of Topliss-reactive ketones (excluding diaryl/α,β-unsaturated/α-hetero) is 1. The van der Waals surface area contributed by atoms with Crippen molar-refractivity contribution in [3.63, 3.8) is 0 Å². The maximum atomic E-state index is 12.7. The lowest BCUT2D eigenvalue weighted by molar-refractivity contribution is -0.156. The molecule has 0 aromatic carbocycles. The summed E-state index contributed by atoms with van der Waals surface area (Å²) >= 11 is 5.78. The summed E-state index contributed by atoms with van der Waals surface area (Å²) in [4.78, 5) is 41.0. The van der Waals surface area contributed by atoms with Gasteiger partial charge in [0.05, 0.1) is 11.3 Å². The molecule has 1 unspecified atom stereocenters. The van der Waals surface area contributed by atoms with Gasteiger partial charge in [0, 0.05) is 24.6 Å². The number of halogens is 4. The van der Waals surface area contributed by atoms with Gasteiger partial charge in [0.1, 0.15) is 11.2 Å². The Morgan fingerprint density at radius 2 is 1.86 bits per heavy atom. The summed E-state index contributed by atoms with van der Waals surface area (Å²) in [5.41, 5.74) is 0.845. The Kier molecular flexibility index (Phi) is 6.37. The number of hydrogen-bond donors (Lipinski definition) is 2. The fourth-order valence-corrected chi connectivity index (χ4v) is 2.93. The van der Waals surface area contributed by atoms with Gasteiger partial charge in [-0.05, 0) is 38.5 Å². The summed E-state index contributed by atoms with van der Waals surface area (Å²) in [5.74, 6) is -3.15. The van der Waals surface area contributed by atoms with E-state index in [4.69, 9.17) is 11.6 Å². The lowest BCUT2D eigenvalue weighted by Crippen LogP contribution is -2.46. The van der Waals surface area contributed by atoms with Gasteiger partial charge in [0.15, 0.2) is 0 Å². The molecule has 0 aliphatic heterocycles. The number of nitrogens with one attached hydrogen (secondary N) is 2. The Bertz CT molecular complexity index is 985. The number of carbonyl (C=O) groups is 3. The second-order valence-corrected chi connectivity index (χ2v) is 6.77. The number of ketones is 1. The summed E-state index contributed by atoms with van der Waals surface area (Å²) < 4.78 is 39.2. The second-order valence-electron chi connectivity index (χ2n) is 6.38. The maximum absolute atomic E-state index is 12.7. The van der Waals surface area contributed by atoms with E-state index in [-0.39, 0.29) is 22.0 Å². The van der Waals surface area contributed by atoms with Gasteiger partial charge in [-0.1, -0.05) is 11.6 Å².